The number of aliphatic carboxylic acids is 1. The molecule has 4 rings (SSSR count). The first kappa shape index (κ1) is 24.9. The Hall–Kier alpha value is -4.16. The second-order valence-electron chi connectivity index (χ2n) is 8.55. The van der Waals surface area contributed by atoms with Crippen LogP contribution in [0.2, 0.25) is 0 Å². The van der Waals surface area contributed by atoms with E-state index >= 15 is 4.39 Å². The fourth-order valence-corrected chi connectivity index (χ4v) is 4.06. The highest BCUT2D eigenvalue weighted by molar-refractivity contribution is 5.93. The number of amides is 1. The summed E-state index contributed by atoms with van der Waals surface area (Å²) in [6, 6.07) is 2.66. The normalized spacial score (nSPS) is 15.6. The summed E-state index contributed by atoms with van der Waals surface area (Å²) >= 11 is 0. The molecule has 1 aliphatic carbocycles. The first-order valence-electron chi connectivity index (χ1n) is 11.3. The summed E-state index contributed by atoms with van der Waals surface area (Å²) < 4.78 is 26.3. The molecular weight excluding hydrogens is 481 g/mol. The number of carbonyl (C=O) groups excluding carboxylic acids is 2. The molecule has 0 atom stereocenters. The second-order valence-corrected chi connectivity index (χ2v) is 8.55. The second kappa shape index (κ2) is 10.2. The number of hydrogen-bond acceptors (Lipinski definition) is 8. The third-order valence-corrected chi connectivity index (χ3v) is 6.10. The SMILES string of the molecule is O=C(O)CCC(=O)OCOC(=O)N1CCN(c2cc3c(cc2F)c(=O)c(C(=O)O)cn3C2CC2)CC1. The van der Waals surface area contributed by atoms with Gasteiger partial charge in [-0.15, -0.1) is 0 Å². The van der Waals surface area contributed by atoms with Crippen LogP contribution in [0, 0.1) is 5.82 Å². The van der Waals surface area contributed by atoms with Gasteiger partial charge in [0.2, 0.25) is 12.2 Å². The topological polar surface area (TPSA) is 156 Å². The highest BCUT2D eigenvalue weighted by Gasteiger charge is 2.29. The summed E-state index contributed by atoms with van der Waals surface area (Å²) in [5.74, 6) is -3.99. The summed E-state index contributed by atoms with van der Waals surface area (Å²) in [6.45, 7) is 0.259. The Morgan fingerprint density at radius 3 is 2.31 bits per heavy atom. The number of piperazine rings is 1. The molecular formula is C23H24FN3O9. The van der Waals surface area contributed by atoms with Crippen molar-refractivity contribution in [2.24, 2.45) is 0 Å². The lowest BCUT2D eigenvalue weighted by molar-refractivity contribution is -0.154. The molecule has 2 N–H and O–H groups in total. The summed E-state index contributed by atoms with van der Waals surface area (Å²) in [5, 5.41) is 17.9. The first-order chi connectivity index (χ1) is 17.2. The van der Waals surface area contributed by atoms with Crippen molar-refractivity contribution in [1.29, 1.82) is 0 Å². The molecule has 0 bridgehead atoms. The number of pyridine rings is 1. The van der Waals surface area contributed by atoms with Gasteiger partial charge in [0.25, 0.3) is 0 Å². The molecule has 0 radical (unpaired) electrons. The van der Waals surface area contributed by atoms with Crippen molar-refractivity contribution >= 4 is 40.6 Å². The molecule has 1 amide bonds. The number of carboxylic acid groups (broad SMARTS) is 2. The number of benzene rings is 1. The van der Waals surface area contributed by atoms with Crippen LogP contribution in [0.3, 0.4) is 0 Å². The van der Waals surface area contributed by atoms with Crippen LogP contribution in [0.4, 0.5) is 14.9 Å². The molecule has 1 saturated heterocycles. The standard InChI is InChI=1S/C23H24FN3O9/c24-16-9-14-17(27(13-1-2-13)11-15(21(14)31)22(32)33)10-18(16)25-5-7-26(8-6-25)23(34)36-12-35-20(30)4-3-19(28)29/h9-11,13H,1-8,12H2,(H,28,29)(H,32,33). The number of esters is 1. The predicted octanol–water partition coefficient (Wildman–Crippen LogP) is 1.80. The zero-order valence-corrected chi connectivity index (χ0v) is 19.1. The van der Waals surface area contributed by atoms with Crippen molar-refractivity contribution in [2.45, 2.75) is 31.7 Å². The highest BCUT2D eigenvalue weighted by atomic mass is 19.1. The van der Waals surface area contributed by atoms with Gasteiger partial charge in [-0.2, -0.15) is 0 Å². The van der Waals surface area contributed by atoms with Crippen LogP contribution in [0.5, 0.6) is 0 Å². The van der Waals surface area contributed by atoms with E-state index in [2.05, 4.69) is 4.74 Å². The van der Waals surface area contributed by atoms with Gasteiger partial charge >= 0.3 is 24.0 Å². The van der Waals surface area contributed by atoms with Crippen molar-refractivity contribution in [3.05, 3.63) is 39.9 Å². The van der Waals surface area contributed by atoms with E-state index in [4.69, 9.17) is 9.84 Å². The summed E-state index contributed by atoms with van der Waals surface area (Å²) in [6.07, 6.45) is 1.52. The average Bonchev–Trinajstić information content (AvgIpc) is 3.68. The van der Waals surface area contributed by atoms with Crippen LogP contribution >= 0.6 is 0 Å². The molecule has 1 aliphatic heterocycles. The minimum Gasteiger partial charge on any atom is -0.481 e. The largest absolute Gasteiger partial charge is 0.481 e. The van der Waals surface area contributed by atoms with Gasteiger partial charge in [-0.3, -0.25) is 14.4 Å². The molecule has 0 spiro atoms. The van der Waals surface area contributed by atoms with Gasteiger partial charge < -0.3 is 34.1 Å². The Kier molecular flexibility index (Phi) is 7.08. The van der Waals surface area contributed by atoms with Crippen molar-refractivity contribution in [3.8, 4) is 0 Å². The van der Waals surface area contributed by atoms with Gasteiger partial charge in [0.05, 0.1) is 24.0 Å². The van der Waals surface area contributed by atoms with Crippen molar-refractivity contribution in [2.75, 3.05) is 37.9 Å². The third-order valence-electron chi connectivity index (χ3n) is 6.10. The quantitative estimate of drug-likeness (QED) is 0.401. The maximum Gasteiger partial charge on any atom is 0.412 e. The summed E-state index contributed by atoms with van der Waals surface area (Å²) in [7, 11) is 0. The van der Waals surface area contributed by atoms with E-state index in [0.29, 0.717) is 5.52 Å². The van der Waals surface area contributed by atoms with E-state index < -0.39 is 54.0 Å². The van der Waals surface area contributed by atoms with E-state index in [1.165, 1.54) is 11.1 Å². The zero-order chi connectivity index (χ0) is 26.0. The Balaban J connectivity index is 1.42. The number of hydrogen-bond donors (Lipinski definition) is 2. The zero-order valence-electron chi connectivity index (χ0n) is 19.1. The van der Waals surface area contributed by atoms with Crippen LogP contribution in [-0.2, 0) is 19.1 Å². The van der Waals surface area contributed by atoms with Crippen LogP contribution in [0.25, 0.3) is 10.9 Å². The lowest BCUT2D eigenvalue weighted by atomic mass is 10.1. The molecule has 1 aromatic heterocycles. The van der Waals surface area contributed by atoms with E-state index in [-0.39, 0.29) is 49.7 Å². The lowest BCUT2D eigenvalue weighted by Gasteiger charge is -2.35. The predicted molar refractivity (Wildman–Crippen MR) is 121 cm³/mol. The molecule has 0 unspecified atom stereocenters. The molecule has 2 heterocycles. The number of aromatic carboxylic acids is 1. The van der Waals surface area contributed by atoms with E-state index in [9.17, 15) is 29.1 Å². The molecule has 12 nitrogen and oxygen atoms in total. The molecule has 2 aliphatic rings. The summed E-state index contributed by atoms with van der Waals surface area (Å²) in [5.41, 5.74) is -0.451. The smallest absolute Gasteiger partial charge is 0.412 e. The minimum atomic E-state index is -1.36. The van der Waals surface area contributed by atoms with Crippen LogP contribution in [-0.4, -0.2) is 76.7 Å². The molecule has 1 saturated carbocycles. The Morgan fingerprint density at radius 1 is 1.00 bits per heavy atom. The Labute approximate surface area is 203 Å². The number of fused-ring (bicyclic) bond motifs is 1. The number of halogens is 1. The lowest BCUT2D eigenvalue weighted by Crippen LogP contribution is -2.49. The monoisotopic (exact) mass is 505 g/mol. The molecule has 2 fully saturated rings. The van der Waals surface area contributed by atoms with Crippen molar-refractivity contribution < 1.29 is 43.3 Å². The van der Waals surface area contributed by atoms with E-state index in [0.717, 1.165) is 18.9 Å². The number of rotatable bonds is 8. The Morgan fingerprint density at radius 2 is 1.69 bits per heavy atom. The number of carbonyl (C=O) groups is 4. The maximum absolute atomic E-state index is 15.0. The first-order valence-corrected chi connectivity index (χ1v) is 11.3. The fraction of sp³-hybridized carbons (Fsp3) is 0.435. The molecule has 36 heavy (non-hydrogen) atoms. The van der Waals surface area contributed by atoms with Crippen molar-refractivity contribution in [3.63, 3.8) is 0 Å². The van der Waals surface area contributed by atoms with Gasteiger partial charge in [-0.25, -0.2) is 14.0 Å². The summed E-state index contributed by atoms with van der Waals surface area (Å²) in [4.78, 5) is 61.3. The molecule has 192 valence electrons. The highest BCUT2D eigenvalue weighted by Crippen LogP contribution is 2.38. The fourth-order valence-electron chi connectivity index (χ4n) is 4.06. The minimum absolute atomic E-state index is 0.00293. The van der Waals surface area contributed by atoms with Gasteiger partial charge in [0.15, 0.2) is 0 Å². The molecule has 1 aromatic carbocycles. The van der Waals surface area contributed by atoms with Gasteiger partial charge in [0, 0.05) is 43.8 Å². The maximum atomic E-state index is 15.0. The third kappa shape index (κ3) is 5.39. The number of carboxylic acids is 2. The number of ether oxygens (including phenoxy) is 2. The van der Waals surface area contributed by atoms with E-state index in [1.807, 2.05) is 0 Å². The van der Waals surface area contributed by atoms with Gasteiger partial charge in [-0.05, 0) is 25.0 Å². The van der Waals surface area contributed by atoms with E-state index in [1.54, 1.807) is 15.5 Å². The van der Waals surface area contributed by atoms with Crippen LogP contribution < -0.4 is 10.3 Å². The van der Waals surface area contributed by atoms with Crippen molar-refractivity contribution in [1.82, 2.24) is 9.47 Å². The number of aromatic nitrogens is 1. The number of nitrogens with zero attached hydrogens (tertiary/aromatic N) is 3. The van der Waals surface area contributed by atoms with Crippen LogP contribution in [0.15, 0.2) is 23.1 Å². The van der Waals surface area contributed by atoms with Crippen LogP contribution in [0.1, 0.15) is 42.1 Å². The molecule has 13 heteroatoms. The van der Waals surface area contributed by atoms with Gasteiger partial charge in [-0.1, -0.05) is 0 Å². The number of anilines is 1. The molecule has 2 aromatic rings. The Bertz CT molecular complexity index is 1280. The average molecular weight is 505 g/mol. The van der Waals surface area contributed by atoms with Gasteiger partial charge in [0.1, 0.15) is 11.4 Å².